The van der Waals surface area contributed by atoms with Crippen molar-refractivity contribution in [2.75, 3.05) is 0 Å². The molecule has 142 valence electrons. The fourth-order valence-corrected chi connectivity index (χ4v) is 5.51. The number of benzene rings is 6. The molecule has 0 saturated heterocycles. The molecular formula is C28H18S2. The third kappa shape index (κ3) is 2.96. The Kier molecular flexibility index (Phi) is 4.22. The molecule has 0 aliphatic carbocycles. The highest BCUT2D eigenvalue weighted by Gasteiger charge is 2.08. The van der Waals surface area contributed by atoms with E-state index in [0.29, 0.717) is 0 Å². The summed E-state index contributed by atoms with van der Waals surface area (Å²) < 4.78 is 0. The van der Waals surface area contributed by atoms with Gasteiger partial charge in [-0.05, 0) is 73.4 Å². The van der Waals surface area contributed by atoms with Gasteiger partial charge < -0.3 is 0 Å². The molecule has 0 unspecified atom stereocenters. The van der Waals surface area contributed by atoms with E-state index in [2.05, 4.69) is 116 Å². The fraction of sp³-hybridized carbons (Fsp3) is 0. The van der Waals surface area contributed by atoms with E-state index in [1.807, 2.05) is 11.8 Å². The summed E-state index contributed by atoms with van der Waals surface area (Å²) in [5.74, 6) is 0. The summed E-state index contributed by atoms with van der Waals surface area (Å²) in [6.07, 6.45) is 0. The van der Waals surface area contributed by atoms with E-state index in [1.54, 1.807) is 0 Å². The van der Waals surface area contributed by atoms with Crippen LogP contribution in [0.1, 0.15) is 0 Å². The Morgan fingerprint density at radius 2 is 1.13 bits per heavy atom. The van der Waals surface area contributed by atoms with Gasteiger partial charge in [0.1, 0.15) is 0 Å². The van der Waals surface area contributed by atoms with Crippen LogP contribution in [0.25, 0.3) is 43.1 Å². The van der Waals surface area contributed by atoms with Gasteiger partial charge in [-0.25, -0.2) is 0 Å². The molecule has 0 nitrogen and oxygen atoms in total. The molecule has 0 atom stereocenters. The van der Waals surface area contributed by atoms with Gasteiger partial charge in [-0.15, -0.1) is 12.6 Å². The predicted molar refractivity (Wildman–Crippen MR) is 134 cm³/mol. The zero-order chi connectivity index (χ0) is 20.1. The standard InChI is InChI=1S/C28H18S2/c29-21-13-10-19-8-9-20-11-14-22(17-27(20)26(19)16-21)30-28-7-3-6-24-23-5-2-1-4-18(23)12-15-25(24)28/h1-17,29H. The Hall–Kier alpha value is -2.94. The Labute approximate surface area is 184 Å². The quantitative estimate of drug-likeness (QED) is 0.217. The molecule has 6 rings (SSSR count). The molecule has 0 amide bonds. The van der Waals surface area contributed by atoms with Crippen LogP contribution < -0.4 is 0 Å². The maximum atomic E-state index is 4.56. The van der Waals surface area contributed by atoms with Crippen LogP contribution >= 0.6 is 24.4 Å². The number of rotatable bonds is 2. The van der Waals surface area contributed by atoms with Crippen LogP contribution in [0, 0.1) is 0 Å². The summed E-state index contributed by atoms with van der Waals surface area (Å²) in [7, 11) is 0. The second-order valence-electron chi connectivity index (χ2n) is 7.59. The van der Waals surface area contributed by atoms with Crippen LogP contribution in [0.2, 0.25) is 0 Å². The van der Waals surface area contributed by atoms with Crippen LogP contribution in [0.3, 0.4) is 0 Å². The molecule has 6 aromatic rings. The first-order valence-electron chi connectivity index (χ1n) is 10.0. The zero-order valence-corrected chi connectivity index (χ0v) is 17.9. The van der Waals surface area contributed by atoms with Crippen molar-refractivity contribution in [3.05, 3.63) is 103 Å². The minimum absolute atomic E-state index is 0.994. The van der Waals surface area contributed by atoms with Crippen LogP contribution in [-0.2, 0) is 0 Å². The summed E-state index contributed by atoms with van der Waals surface area (Å²) in [5, 5.41) is 10.2. The largest absolute Gasteiger partial charge is 0.143 e. The van der Waals surface area contributed by atoms with Crippen molar-refractivity contribution >= 4 is 67.5 Å². The third-order valence-corrected chi connectivity index (χ3v) is 7.11. The van der Waals surface area contributed by atoms with Crippen molar-refractivity contribution in [3.8, 4) is 0 Å². The number of fused-ring (bicyclic) bond motifs is 6. The molecule has 0 aliphatic heterocycles. The Bertz CT molecular complexity index is 1580. The van der Waals surface area contributed by atoms with E-state index >= 15 is 0 Å². The highest BCUT2D eigenvalue weighted by atomic mass is 32.2. The number of hydrogen-bond acceptors (Lipinski definition) is 2. The molecule has 2 heteroatoms. The van der Waals surface area contributed by atoms with Gasteiger partial charge in [0.25, 0.3) is 0 Å². The molecule has 0 saturated carbocycles. The van der Waals surface area contributed by atoms with E-state index in [1.165, 1.54) is 52.9 Å². The summed E-state index contributed by atoms with van der Waals surface area (Å²) in [4.78, 5) is 3.53. The van der Waals surface area contributed by atoms with Gasteiger partial charge in [0.15, 0.2) is 0 Å². The summed E-state index contributed by atoms with van der Waals surface area (Å²) in [6, 6.07) is 37.2. The monoisotopic (exact) mass is 418 g/mol. The van der Waals surface area contributed by atoms with E-state index in [9.17, 15) is 0 Å². The summed E-state index contributed by atoms with van der Waals surface area (Å²) >= 11 is 6.39. The van der Waals surface area contributed by atoms with Crippen LogP contribution in [0.5, 0.6) is 0 Å². The lowest BCUT2D eigenvalue weighted by Crippen LogP contribution is -1.83. The maximum absolute atomic E-state index is 4.56. The van der Waals surface area contributed by atoms with Crippen molar-refractivity contribution in [2.24, 2.45) is 0 Å². The molecule has 6 aromatic carbocycles. The highest BCUT2D eigenvalue weighted by molar-refractivity contribution is 7.99. The van der Waals surface area contributed by atoms with E-state index in [4.69, 9.17) is 0 Å². The zero-order valence-electron chi connectivity index (χ0n) is 16.2. The normalized spacial score (nSPS) is 11.6. The molecule has 0 aliphatic rings. The van der Waals surface area contributed by atoms with Crippen LogP contribution in [-0.4, -0.2) is 0 Å². The summed E-state index contributed by atoms with van der Waals surface area (Å²) in [6.45, 7) is 0. The van der Waals surface area contributed by atoms with Gasteiger partial charge in [0.2, 0.25) is 0 Å². The first kappa shape index (κ1) is 17.9. The SMILES string of the molecule is Sc1ccc2ccc3ccc(Sc4cccc5c4ccc4ccccc45)cc3c2c1. The predicted octanol–water partition coefficient (Wildman–Crippen LogP) is 8.74. The molecule has 0 bridgehead atoms. The average molecular weight is 419 g/mol. The van der Waals surface area contributed by atoms with Gasteiger partial charge in [-0.3, -0.25) is 0 Å². The van der Waals surface area contributed by atoms with Gasteiger partial charge in [-0.1, -0.05) is 84.6 Å². The minimum Gasteiger partial charge on any atom is -0.143 e. The maximum Gasteiger partial charge on any atom is 0.0201 e. The molecule has 0 spiro atoms. The van der Waals surface area contributed by atoms with Crippen molar-refractivity contribution in [2.45, 2.75) is 14.7 Å². The molecule has 30 heavy (non-hydrogen) atoms. The van der Waals surface area contributed by atoms with Crippen molar-refractivity contribution < 1.29 is 0 Å². The molecular weight excluding hydrogens is 400 g/mol. The van der Waals surface area contributed by atoms with Crippen molar-refractivity contribution in [1.82, 2.24) is 0 Å². The van der Waals surface area contributed by atoms with Crippen molar-refractivity contribution in [1.29, 1.82) is 0 Å². The first-order chi connectivity index (χ1) is 14.8. The molecule has 0 N–H and O–H groups in total. The smallest absolute Gasteiger partial charge is 0.0201 e. The minimum atomic E-state index is 0.994. The lowest BCUT2D eigenvalue weighted by atomic mass is 10.0. The molecule has 0 heterocycles. The van der Waals surface area contributed by atoms with Gasteiger partial charge in [-0.2, -0.15) is 0 Å². The number of hydrogen-bond donors (Lipinski definition) is 1. The van der Waals surface area contributed by atoms with Crippen LogP contribution in [0.4, 0.5) is 0 Å². The lowest BCUT2D eigenvalue weighted by molar-refractivity contribution is 1.47. The van der Waals surface area contributed by atoms with Gasteiger partial charge in [0.05, 0.1) is 0 Å². The van der Waals surface area contributed by atoms with E-state index in [0.717, 1.165) is 4.90 Å². The van der Waals surface area contributed by atoms with Gasteiger partial charge >= 0.3 is 0 Å². The highest BCUT2D eigenvalue weighted by Crippen LogP contribution is 2.38. The Morgan fingerprint density at radius 3 is 2.03 bits per heavy atom. The Balaban J connectivity index is 1.52. The molecule has 0 aromatic heterocycles. The average Bonchev–Trinajstić information content (AvgIpc) is 2.79. The van der Waals surface area contributed by atoms with E-state index in [-0.39, 0.29) is 0 Å². The second kappa shape index (κ2) is 7.09. The fourth-order valence-electron chi connectivity index (χ4n) is 4.31. The van der Waals surface area contributed by atoms with Crippen molar-refractivity contribution in [3.63, 3.8) is 0 Å². The van der Waals surface area contributed by atoms with Crippen LogP contribution in [0.15, 0.2) is 118 Å². The van der Waals surface area contributed by atoms with E-state index < -0.39 is 0 Å². The summed E-state index contributed by atoms with van der Waals surface area (Å²) in [5.41, 5.74) is 0. The first-order valence-corrected chi connectivity index (χ1v) is 11.3. The molecule has 0 fully saturated rings. The number of thiol groups is 1. The van der Waals surface area contributed by atoms with Gasteiger partial charge in [0, 0.05) is 14.7 Å². The second-order valence-corrected chi connectivity index (χ2v) is 9.23. The Morgan fingerprint density at radius 1 is 0.467 bits per heavy atom. The topological polar surface area (TPSA) is 0 Å². The third-order valence-electron chi connectivity index (χ3n) is 5.77. The lowest BCUT2D eigenvalue weighted by Gasteiger charge is -2.11. The molecule has 0 radical (unpaired) electrons.